The van der Waals surface area contributed by atoms with E-state index in [0.29, 0.717) is 35.9 Å². The molecule has 0 saturated carbocycles. The van der Waals surface area contributed by atoms with E-state index in [0.717, 1.165) is 17.7 Å². The molecule has 6 nitrogen and oxygen atoms in total. The third-order valence-corrected chi connectivity index (χ3v) is 5.75. The number of aromatic nitrogens is 1. The molecule has 1 aromatic carbocycles. The quantitative estimate of drug-likeness (QED) is 0.479. The largest absolute Gasteiger partial charge is 0.389 e. The first-order valence-corrected chi connectivity index (χ1v) is 10.7. The lowest BCUT2D eigenvalue weighted by Gasteiger charge is -2.22. The Kier molecular flexibility index (Phi) is 7.42. The van der Waals surface area contributed by atoms with Gasteiger partial charge in [-0.15, -0.1) is 0 Å². The first-order chi connectivity index (χ1) is 13.5. The van der Waals surface area contributed by atoms with Crippen molar-refractivity contribution >= 4 is 29.3 Å². The highest BCUT2D eigenvalue weighted by molar-refractivity contribution is 7.98. The third kappa shape index (κ3) is 6.02. The Hall–Kier alpha value is -1.96. The summed E-state index contributed by atoms with van der Waals surface area (Å²) in [6, 6.07) is 8.87. The number of hydrogen-bond donors (Lipinski definition) is 2. The standard InChI is InChI=1S/C20H23ClN2O4S/c21-15-3-1-2-14(10-15)11-17(24)6-4-16-5-7-20(26)23(16)8-9-28-13-18-12-19(25)22-27-18/h1-4,6,10,12,16-17,24H,5,7-9,11,13H2,(H,22,25)/t16-,17+/m0/s1. The number of nitrogens with one attached hydrogen (secondary N) is 1. The predicted octanol–water partition coefficient (Wildman–Crippen LogP) is 3.01. The number of rotatable bonds is 9. The van der Waals surface area contributed by atoms with E-state index in [9.17, 15) is 14.7 Å². The van der Waals surface area contributed by atoms with E-state index in [1.807, 2.05) is 29.2 Å². The summed E-state index contributed by atoms with van der Waals surface area (Å²) in [7, 11) is 0. The Bertz CT molecular complexity index is 879. The summed E-state index contributed by atoms with van der Waals surface area (Å²) in [5.74, 6) is 2.06. The maximum absolute atomic E-state index is 12.2. The van der Waals surface area contributed by atoms with Gasteiger partial charge in [0.25, 0.3) is 5.56 Å². The summed E-state index contributed by atoms with van der Waals surface area (Å²) in [4.78, 5) is 25.0. The van der Waals surface area contributed by atoms with Gasteiger partial charge < -0.3 is 14.5 Å². The second-order valence-electron chi connectivity index (χ2n) is 6.71. The minimum absolute atomic E-state index is 0.00676. The Labute approximate surface area is 172 Å². The number of benzene rings is 1. The van der Waals surface area contributed by atoms with Crippen LogP contribution in [-0.4, -0.2) is 45.5 Å². The summed E-state index contributed by atoms with van der Waals surface area (Å²) in [6.07, 6.45) is 4.83. The molecule has 150 valence electrons. The fourth-order valence-electron chi connectivity index (χ4n) is 3.20. The lowest BCUT2D eigenvalue weighted by molar-refractivity contribution is -0.128. The van der Waals surface area contributed by atoms with Crippen molar-refractivity contribution < 1.29 is 14.4 Å². The van der Waals surface area contributed by atoms with Gasteiger partial charge in [-0.25, -0.2) is 0 Å². The highest BCUT2D eigenvalue weighted by atomic mass is 35.5. The van der Waals surface area contributed by atoms with Crippen molar-refractivity contribution in [1.82, 2.24) is 10.1 Å². The van der Waals surface area contributed by atoms with Crippen LogP contribution in [0.5, 0.6) is 0 Å². The van der Waals surface area contributed by atoms with Crippen LogP contribution in [0.3, 0.4) is 0 Å². The Morgan fingerprint density at radius 1 is 1.39 bits per heavy atom. The molecule has 2 N–H and O–H groups in total. The minimum Gasteiger partial charge on any atom is -0.389 e. The molecular weight excluding hydrogens is 400 g/mol. The number of halogens is 1. The molecule has 1 saturated heterocycles. The van der Waals surface area contributed by atoms with Gasteiger partial charge in [0.15, 0.2) is 0 Å². The molecular formula is C20H23ClN2O4S. The Morgan fingerprint density at radius 3 is 3.00 bits per heavy atom. The van der Waals surface area contributed by atoms with E-state index in [1.54, 1.807) is 23.9 Å². The molecule has 8 heteroatoms. The van der Waals surface area contributed by atoms with E-state index in [1.165, 1.54) is 6.07 Å². The van der Waals surface area contributed by atoms with Crippen LogP contribution in [0.15, 0.2) is 51.8 Å². The van der Waals surface area contributed by atoms with Crippen molar-refractivity contribution in [2.24, 2.45) is 0 Å². The molecule has 1 aromatic heterocycles. The van der Waals surface area contributed by atoms with Crippen molar-refractivity contribution in [3.63, 3.8) is 0 Å². The molecule has 0 unspecified atom stereocenters. The van der Waals surface area contributed by atoms with Gasteiger partial charge >= 0.3 is 0 Å². The van der Waals surface area contributed by atoms with Gasteiger partial charge in [-0.3, -0.25) is 9.59 Å². The Balaban J connectivity index is 1.47. The van der Waals surface area contributed by atoms with Crippen LogP contribution in [0.4, 0.5) is 0 Å². The monoisotopic (exact) mass is 422 g/mol. The maximum Gasteiger partial charge on any atom is 0.280 e. The number of carbonyl (C=O) groups is 1. The number of aliphatic hydroxyl groups is 1. The molecule has 3 rings (SSSR count). The second kappa shape index (κ2) is 10.0. The summed E-state index contributed by atoms with van der Waals surface area (Å²) in [6.45, 7) is 0.623. The van der Waals surface area contributed by atoms with Gasteiger partial charge in [-0.1, -0.05) is 35.9 Å². The normalized spacial score (nSPS) is 18.3. The molecule has 28 heavy (non-hydrogen) atoms. The number of carbonyl (C=O) groups excluding carboxylic acids is 1. The Morgan fingerprint density at radius 2 is 2.25 bits per heavy atom. The summed E-state index contributed by atoms with van der Waals surface area (Å²) in [5, 5.41) is 13.2. The fourth-order valence-corrected chi connectivity index (χ4v) is 4.23. The molecule has 1 fully saturated rings. The van der Waals surface area contributed by atoms with Crippen LogP contribution in [-0.2, 0) is 17.0 Å². The molecule has 2 atom stereocenters. The van der Waals surface area contributed by atoms with Crippen LogP contribution < -0.4 is 5.56 Å². The van der Waals surface area contributed by atoms with E-state index in [4.69, 9.17) is 16.1 Å². The first-order valence-electron chi connectivity index (χ1n) is 9.16. The highest BCUT2D eigenvalue weighted by Gasteiger charge is 2.28. The van der Waals surface area contributed by atoms with Gasteiger partial charge in [0.05, 0.1) is 17.9 Å². The molecule has 0 spiro atoms. The van der Waals surface area contributed by atoms with Crippen LogP contribution in [0, 0.1) is 0 Å². The molecule has 1 aliphatic rings. The van der Waals surface area contributed by atoms with Gasteiger partial charge in [0.1, 0.15) is 5.76 Å². The van der Waals surface area contributed by atoms with E-state index in [2.05, 4.69) is 5.16 Å². The molecule has 1 aliphatic heterocycles. The second-order valence-corrected chi connectivity index (χ2v) is 8.25. The summed E-state index contributed by atoms with van der Waals surface area (Å²) in [5.41, 5.74) is 0.726. The number of nitrogens with zero attached hydrogens (tertiary/aromatic N) is 1. The number of aliphatic hydroxyl groups excluding tert-OH is 1. The van der Waals surface area contributed by atoms with Crippen LogP contribution in [0.2, 0.25) is 5.02 Å². The topological polar surface area (TPSA) is 86.5 Å². The average Bonchev–Trinajstić information content (AvgIpc) is 3.22. The van der Waals surface area contributed by atoms with Crippen molar-refractivity contribution in [3.05, 3.63) is 69.2 Å². The van der Waals surface area contributed by atoms with E-state index in [-0.39, 0.29) is 17.5 Å². The predicted molar refractivity (Wildman–Crippen MR) is 111 cm³/mol. The lowest BCUT2D eigenvalue weighted by atomic mass is 10.1. The summed E-state index contributed by atoms with van der Waals surface area (Å²) < 4.78 is 5.01. The number of hydrogen-bond acceptors (Lipinski definition) is 5. The lowest BCUT2D eigenvalue weighted by Crippen LogP contribution is -2.34. The van der Waals surface area contributed by atoms with Gasteiger partial charge in [-0.2, -0.15) is 16.9 Å². The zero-order valence-electron chi connectivity index (χ0n) is 15.3. The van der Waals surface area contributed by atoms with Crippen molar-refractivity contribution in [2.75, 3.05) is 12.3 Å². The molecule has 2 aromatic rings. The number of likely N-dealkylation sites (tertiary alicyclic amines) is 1. The van der Waals surface area contributed by atoms with Gasteiger partial charge in [0.2, 0.25) is 5.91 Å². The van der Waals surface area contributed by atoms with E-state index >= 15 is 0 Å². The van der Waals surface area contributed by atoms with Crippen molar-refractivity contribution in [1.29, 1.82) is 0 Å². The number of amides is 1. The van der Waals surface area contributed by atoms with Crippen molar-refractivity contribution in [2.45, 2.75) is 37.2 Å². The molecule has 0 radical (unpaired) electrons. The fraction of sp³-hybridized carbons (Fsp3) is 0.400. The van der Waals surface area contributed by atoms with Crippen molar-refractivity contribution in [3.8, 4) is 0 Å². The molecule has 2 heterocycles. The molecule has 0 bridgehead atoms. The minimum atomic E-state index is -0.623. The zero-order valence-corrected chi connectivity index (χ0v) is 16.9. The van der Waals surface area contributed by atoms with Crippen LogP contribution in [0.1, 0.15) is 24.2 Å². The number of aromatic amines is 1. The van der Waals surface area contributed by atoms with Gasteiger partial charge in [0, 0.05) is 36.2 Å². The highest BCUT2D eigenvalue weighted by Crippen LogP contribution is 2.22. The smallest absolute Gasteiger partial charge is 0.280 e. The zero-order chi connectivity index (χ0) is 19.9. The maximum atomic E-state index is 12.2. The number of H-pyrrole nitrogens is 1. The van der Waals surface area contributed by atoms with E-state index < -0.39 is 6.10 Å². The molecule has 1 amide bonds. The van der Waals surface area contributed by atoms with Gasteiger partial charge in [-0.05, 0) is 24.1 Å². The van der Waals surface area contributed by atoms with Crippen LogP contribution in [0.25, 0.3) is 0 Å². The SMILES string of the molecule is O=C1CC[C@H](C=C[C@@H](O)Cc2cccc(Cl)c2)N1CCSCc1cc(=O)[nH]o1. The molecule has 0 aliphatic carbocycles. The number of thioether (sulfide) groups is 1. The summed E-state index contributed by atoms with van der Waals surface area (Å²) >= 11 is 7.58. The van der Waals surface area contributed by atoms with Crippen LogP contribution >= 0.6 is 23.4 Å². The third-order valence-electron chi connectivity index (χ3n) is 4.56. The first kappa shape index (κ1) is 20.8. The average molecular weight is 423 g/mol.